The molecule has 3 rings (SSSR count). The summed E-state index contributed by atoms with van der Waals surface area (Å²) in [6.07, 6.45) is -1.70. The van der Waals surface area contributed by atoms with E-state index in [0.717, 1.165) is 14.2 Å². The third-order valence-electron chi connectivity index (χ3n) is 8.66. The van der Waals surface area contributed by atoms with E-state index in [0.29, 0.717) is 17.7 Å². The Balaban J connectivity index is 2.07. The molecule has 0 spiro atoms. The first-order valence-corrected chi connectivity index (χ1v) is 18.7. The molecule has 0 saturated carbocycles. The number of ether oxygens (including phenoxy) is 3. The number of carbonyl (C=O) groups is 3. The second-order valence-electron chi connectivity index (χ2n) is 14.4. The van der Waals surface area contributed by atoms with E-state index in [9.17, 15) is 27.9 Å². The zero-order chi connectivity index (χ0) is 38.3. The summed E-state index contributed by atoms with van der Waals surface area (Å²) >= 11 is 0. The maximum absolute atomic E-state index is 14.2. The fourth-order valence-corrected chi connectivity index (χ4v) is 6.93. The highest BCUT2D eigenvalue weighted by Crippen LogP contribution is 2.35. The molecule has 1 aliphatic heterocycles. The molecule has 3 amide bonds. The minimum Gasteiger partial charge on any atom is -0.454 e. The van der Waals surface area contributed by atoms with Crippen molar-refractivity contribution < 1.29 is 42.1 Å². The lowest BCUT2D eigenvalue weighted by molar-refractivity contribution is -0.151. The summed E-state index contributed by atoms with van der Waals surface area (Å²) in [5.74, 6) is -1.18. The van der Waals surface area contributed by atoms with E-state index in [1.807, 2.05) is 26.8 Å². The lowest BCUT2D eigenvalue weighted by Crippen LogP contribution is -2.64. The minimum absolute atomic E-state index is 0.0249. The number of sulfonamides is 1. The van der Waals surface area contributed by atoms with Crippen molar-refractivity contribution in [2.24, 2.45) is 17.6 Å². The van der Waals surface area contributed by atoms with E-state index in [2.05, 4.69) is 5.43 Å². The summed E-state index contributed by atoms with van der Waals surface area (Å²) < 4.78 is 45.6. The van der Waals surface area contributed by atoms with Crippen LogP contribution >= 0.6 is 0 Å². The molecule has 2 aromatic carbocycles. The molecule has 5 atom stereocenters. The number of benzene rings is 2. The summed E-state index contributed by atoms with van der Waals surface area (Å²) in [7, 11) is -2.81. The number of aliphatic hydroxyl groups excluding tert-OH is 1. The van der Waals surface area contributed by atoms with Crippen LogP contribution in [-0.4, -0.2) is 102 Å². The van der Waals surface area contributed by atoms with Crippen LogP contribution in [0.4, 0.5) is 4.79 Å². The average Bonchev–Trinajstić information content (AvgIpc) is 3.55. The Morgan fingerprint density at radius 1 is 1.00 bits per heavy atom. The van der Waals surface area contributed by atoms with E-state index in [-0.39, 0.29) is 42.2 Å². The summed E-state index contributed by atoms with van der Waals surface area (Å²) in [6.45, 7) is 13.5. The molecule has 0 saturated heterocycles. The Morgan fingerprint density at radius 3 is 2.22 bits per heavy atom. The van der Waals surface area contributed by atoms with E-state index < -0.39 is 64.3 Å². The zero-order valence-corrected chi connectivity index (χ0v) is 32.0. The van der Waals surface area contributed by atoms with Crippen molar-refractivity contribution in [2.75, 3.05) is 26.9 Å². The zero-order valence-electron chi connectivity index (χ0n) is 31.2. The second kappa shape index (κ2) is 17.5. The Hall–Kier alpha value is -3.92. The third-order valence-corrected chi connectivity index (χ3v) is 10.5. The lowest BCUT2D eigenvalue weighted by atomic mass is 9.96. The summed E-state index contributed by atoms with van der Waals surface area (Å²) in [5, 5.41) is 13.1. The fourth-order valence-electron chi connectivity index (χ4n) is 5.29. The van der Waals surface area contributed by atoms with Crippen LogP contribution in [0.5, 0.6) is 11.5 Å². The molecule has 0 bridgehead atoms. The predicted octanol–water partition coefficient (Wildman–Crippen LogP) is 3.52. The fraction of sp³-hybridized carbons (Fsp3) is 0.583. The number of aliphatic hydroxyl groups is 1. The van der Waals surface area contributed by atoms with Crippen molar-refractivity contribution in [2.45, 2.75) is 103 Å². The van der Waals surface area contributed by atoms with Crippen molar-refractivity contribution in [3.05, 3.63) is 54.1 Å². The van der Waals surface area contributed by atoms with Gasteiger partial charge in [0.1, 0.15) is 11.6 Å². The van der Waals surface area contributed by atoms with Crippen molar-refractivity contribution in [1.82, 2.24) is 19.6 Å². The van der Waals surface area contributed by atoms with Crippen molar-refractivity contribution in [1.29, 1.82) is 0 Å². The standard InChI is InChI=1S/C36H55N5O9S/c1-10-24(4)32(37)34(44)41(38-33(43)25(5)39(9)35(45)50-36(6,7)8)28(18-26-14-12-11-13-15-26)29(42)21-40(20-23(2)3)51(46,47)27-16-17-30-31(19-27)49-22-48-30/h11-17,19,23-25,28-29,32,42H,10,18,20-22,37H2,1-9H3,(H,38,43)/t24-,25+,28?,29+,32-/m0/s1. The summed E-state index contributed by atoms with van der Waals surface area (Å²) in [4.78, 5) is 41.9. The van der Waals surface area contributed by atoms with Crippen LogP contribution < -0.4 is 20.6 Å². The van der Waals surface area contributed by atoms with Gasteiger partial charge < -0.3 is 25.1 Å². The molecule has 284 valence electrons. The molecule has 15 heteroatoms. The van der Waals surface area contributed by atoms with Crippen LogP contribution in [-0.2, 0) is 30.8 Å². The number of nitrogens with one attached hydrogen (secondary N) is 1. The quantitative estimate of drug-likeness (QED) is 0.229. The number of nitrogens with zero attached hydrogens (tertiary/aromatic N) is 3. The summed E-state index contributed by atoms with van der Waals surface area (Å²) in [6, 6.07) is 9.91. The number of hydrogen-bond acceptors (Lipinski definition) is 10. The van der Waals surface area contributed by atoms with E-state index in [1.165, 1.54) is 32.2 Å². The van der Waals surface area contributed by atoms with Crippen molar-refractivity contribution >= 4 is 27.9 Å². The Labute approximate surface area is 302 Å². The predicted molar refractivity (Wildman–Crippen MR) is 192 cm³/mol. The molecule has 0 aliphatic carbocycles. The number of fused-ring (bicyclic) bond motifs is 1. The molecule has 0 aromatic heterocycles. The van der Waals surface area contributed by atoms with Crippen LogP contribution in [0.15, 0.2) is 53.4 Å². The molecule has 14 nitrogen and oxygen atoms in total. The largest absolute Gasteiger partial charge is 0.454 e. The molecule has 1 unspecified atom stereocenters. The SMILES string of the molecule is CC[C@H](C)[C@H](N)C(=O)N(NC(=O)[C@@H](C)N(C)C(=O)OC(C)(C)C)C(Cc1ccccc1)[C@H](O)CN(CC(C)C)S(=O)(=O)c1ccc2c(c1)OCO2. The van der Waals surface area contributed by atoms with Gasteiger partial charge in [0.05, 0.1) is 23.1 Å². The topological polar surface area (TPSA) is 181 Å². The molecule has 1 aliphatic rings. The Bertz CT molecular complexity index is 1600. The third kappa shape index (κ3) is 11.0. The van der Waals surface area contributed by atoms with Crippen molar-refractivity contribution in [3.63, 3.8) is 0 Å². The number of nitrogens with two attached hydrogens (primary N) is 1. The molecule has 4 N–H and O–H groups in total. The first kappa shape index (κ1) is 41.5. The smallest absolute Gasteiger partial charge is 0.410 e. The average molecular weight is 734 g/mol. The van der Waals surface area contributed by atoms with Gasteiger partial charge in [-0.3, -0.25) is 19.9 Å². The molecule has 0 radical (unpaired) electrons. The van der Waals surface area contributed by atoms with E-state index in [1.54, 1.807) is 52.0 Å². The first-order valence-electron chi connectivity index (χ1n) is 17.2. The van der Waals surface area contributed by atoms with Crippen LogP contribution in [0, 0.1) is 11.8 Å². The van der Waals surface area contributed by atoms with E-state index >= 15 is 0 Å². The normalized spacial score (nSPS) is 15.9. The number of rotatable bonds is 15. The minimum atomic E-state index is -4.21. The summed E-state index contributed by atoms with van der Waals surface area (Å²) in [5.41, 5.74) is 8.99. The second-order valence-corrected chi connectivity index (χ2v) is 16.4. The first-order chi connectivity index (χ1) is 23.8. The highest BCUT2D eigenvalue weighted by atomic mass is 32.2. The van der Waals surface area contributed by atoms with Gasteiger partial charge in [0.2, 0.25) is 16.8 Å². The highest BCUT2D eigenvalue weighted by Gasteiger charge is 2.40. The van der Waals surface area contributed by atoms with Crippen LogP contribution in [0.2, 0.25) is 0 Å². The molecular formula is C36H55N5O9S. The number of amides is 3. The Kier molecular flexibility index (Phi) is 14.3. The van der Waals surface area contributed by atoms with Gasteiger partial charge in [0.25, 0.3) is 11.8 Å². The van der Waals surface area contributed by atoms with Gasteiger partial charge in [-0.1, -0.05) is 64.4 Å². The lowest BCUT2D eigenvalue weighted by Gasteiger charge is -2.39. The van der Waals surface area contributed by atoms with Gasteiger partial charge in [0, 0.05) is 26.2 Å². The number of hydrazine groups is 1. The molecule has 0 fully saturated rings. The van der Waals surface area contributed by atoms with Crippen LogP contribution in [0.3, 0.4) is 0 Å². The van der Waals surface area contributed by atoms with Gasteiger partial charge in [0.15, 0.2) is 11.5 Å². The Morgan fingerprint density at radius 2 is 1.63 bits per heavy atom. The van der Waals surface area contributed by atoms with Gasteiger partial charge in [-0.25, -0.2) is 18.2 Å². The maximum Gasteiger partial charge on any atom is 0.410 e. The monoisotopic (exact) mass is 733 g/mol. The molecule has 51 heavy (non-hydrogen) atoms. The van der Waals surface area contributed by atoms with Crippen LogP contribution in [0.25, 0.3) is 0 Å². The molecular weight excluding hydrogens is 678 g/mol. The van der Waals surface area contributed by atoms with E-state index in [4.69, 9.17) is 19.9 Å². The van der Waals surface area contributed by atoms with Gasteiger partial charge >= 0.3 is 6.09 Å². The molecule has 2 aromatic rings. The number of hydrogen-bond donors (Lipinski definition) is 3. The number of likely N-dealkylation sites (N-methyl/N-ethyl adjacent to an activating group) is 1. The highest BCUT2D eigenvalue weighted by molar-refractivity contribution is 7.89. The van der Waals surface area contributed by atoms with Gasteiger partial charge in [-0.2, -0.15) is 4.31 Å². The van der Waals surface area contributed by atoms with Gasteiger partial charge in [-0.15, -0.1) is 0 Å². The van der Waals surface area contributed by atoms with Crippen LogP contribution in [0.1, 0.15) is 67.4 Å². The number of carbonyl (C=O) groups excluding carboxylic acids is 3. The molecule has 1 heterocycles. The van der Waals surface area contributed by atoms with Gasteiger partial charge in [-0.05, 0) is 63.6 Å². The maximum atomic E-state index is 14.2. The van der Waals surface area contributed by atoms with Crippen molar-refractivity contribution in [3.8, 4) is 11.5 Å².